The van der Waals surface area contributed by atoms with E-state index in [1.165, 1.54) is 0 Å². The molecule has 0 radical (unpaired) electrons. The fraction of sp³-hybridized carbons (Fsp3) is 0. The van der Waals surface area contributed by atoms with Crippen LogP contribution in [0.4, 0.5) is 15.9 Å². The van der Waals surface area contributed by atoms with Crippen molar-refractivity contribution in [3.05, 3.63) is 52.4 Å². The summed E-state index contributed by atoms with van der Waals surface area (Å²) >= 11 is 3.29. The van der Waals surface area contributed by atoms with E-state index >= 15 is 0 Å². The van der Waals surface area contributed by atoms with E-state index in [2.05, 4.69) is 26.2 Å². The summed E-state index contributed by atoms with van der Waals surface area (Å²) in [4.78, 5) is 15.5. The van der Waals surface area contributed by atoms with E-state index in [0.29, 0.717) is 5.69 Å². The summed E-state index contributed by atoms with van der Waals surface area (Å²) in [5.41, 5.74) is 6.11. The number of para-hydroxylation sites is 1. The maximum absolute atomic E-state index is 13.0. The molecule has 0 spiro atoms. The first-order valence-electron chi connectivity index (χ1n) is 5.05. The Bertz CT molecular complexity index is 604. The van der Waals surface area contributed by atoms with Gasteiger partial charge in [0.2, 0.25) is 0 Å². The molecule has 0 atom stereocenters. The predicted molar refractivity (Wildman–Crippen MR) is 70.7 cm³/mol. The summed E-state index contributed by atoms with van der Waals surface area (Å²) in [5.74, 6) is -1.13. The number of rotatable bonds is 2. The normalized spacial score (nSPS) is 10.1. The summed E-state index contributed by atoms with van der Waals surface area (Å²) in [6.07, 6.45) is 0.963. The number of nitrogens with two attached hydrogens (primary N) is 1. The van der Waals surface area contributed by atoms with Crippen molar-refractivity contribution in [2.24, 2.45) is 0 Å². The molecule has 0 aliphatic heterocycles. The molecule has 4 nitrogen and oxygen atoms in total. The quantitative estimate of drug-likeness (QED) is 0.896. The van der Waals surface area contributed by atoms with Gasteiger partial charge in [0, 0.05) is 4.47 Å². The highest BCUT2D eigenvalue weighted by molar-refractivity contribution is 9.10. The Morgan fingerprint density at radius 2 is 2.11 bits per heavy atom. The van der Waals surface area contributed by atoms with Crippen LogP contribution in [0.3, 0.4) is 0 Å². The van der Waals surface area contributed by atoms with E-state index in [4.69, 9.17) is 5.73 Å². The molecule has 0 aliphatic rings. The zero-order chi connectivity index (χ0) is 13.1. The van der Waals surface area contributed by atoms with E-state index in [1.54, 1.807) is 18.2 Å². The third-order valence-corrected chi connectivity index (χ3v) is 2.94. The van der Waals surface area contributed by atoms with Gasteiger partial charge in [0.15, 0.2) is 0 Å². The minimum Gasteiger partial charge on any atom is -0.383 e. The third-order valence-electron chi connectivity index (χ3n) is 2.25. The van der Waals surface area contributed by atoms with Gasteiger partial charge >= 0.3 is 0 Å². The van der Waals surface area contributed by atoms with Crippen molar-refractivity contribution < 1.29 is 9.18 Å². The summed E-state index contributed by atoms with van der Waals surface area (Å²) in [7, 11) is 0. The highest BCUT2D eigenvalue weighted by Crippen LogP contribution is 2.22. The Morgan fingerprint density at radius 3 is 2.83 bits per heavy atom. The van der Waals surface area contributed by atoms with Crippen molar-refractivity contribution in [3.8, 4) is 0 Å². The number of pyridine rings is 1. The molecule has 1 heterocycles. The van der Waals surface area contributed by atoms with Gasteiger partial charge in [-0.2, -0.15) is 0 Å². The van der Waals surface area contributed by atoms with E-state index in [-0.39, 0.29) is 11.4 Å². The largest absolute Gasteiger partial charge is 0.383 e. The lowest BCUT2D eigenvalue weighted by Gasteiger charge is -2.08. The molecule has 0 aliphatic carbocycles. The van der Waals surface area contributed by atoms with Gasteiger partial charge in [0.25, 0.3) is 5.91 Å². The number of hydrogen-bond donors (Lipinski definition) is 2. The second kappa shape index (κ2) is 5.14. The second-order valence-electron chi connectivity index (χ2n) is 3.52. The van der Waals surface area contributed by atoms with Crippen LogP contribution < -0.4 is 11.1 Å². The van der Waals surface area contributed by atoms with Gasteiger partial charge in [-0.25, -0.2) is 9.37 Å². The topological polar surface area (TPSA) is 68.0 Å². The lowest BCUT2D eigenvalue weighted by molar-refractivity contribution is 0.102. The van der Waals surface area contributed by atoms with Crippen LogP contribution in [0.15, 0.2) is 41.0 Å². The highest BCUT2D eigenvalue weighted by atomic mass is 79.9. The van der Waals surface area contributed by atoms with E-state index in [0.717, 1.165) is 16.7 Å². The van der Waals surface area contributed by atoms with Crippen LogP contribution in [0.1, 0.15) is 10.4 Å². The number of anilines is 2. The molecule has 2 rings (SSSR count). The Balaban J connectivity index is 2.28. The first-order chi connectivity index (χ1) is 8.58. The van der Waals surface area contributed by atoms with Crippen molar-refractivity contribution in [3.63, 3.8) is 0 Å². The third kappa shape index (κ3) is 2.65. The number of amides is 1. The molecule has 1 aromatic heterocycles. The Hall–Kier alpha value is -1.95. The number of nitrogens with one attached hydrogen (secondary N) is 1. The first-order valence-corrected chi connectivity index (χ1v) is 5.84. The molecule has 6 heteroatoms. The van der Waals surface area contributed by atoms with Crippen LogP contribution in [-0.2, 0) is 0 Å². The van der Waals surface area contributed by atoms with Gasteiger partial charge in [-0.1, -0.05) is 12.1 Å². The van der Waals surface area contributed by atoms with Crippen molar-refractivity contribution in [1.29, 1.82) is 0 Å². The Morgan fingerprint density at radius 1 is 1.39 bits per heavy atom. The van der Waals surface area contributed by atoms with E-state index in [9.17, 15) is 9.18 Å². The van der Waals surface area contributed by atoms with Crippen LogP contribution in [0.25, 0.3) is 0 Å². The Kier molecular flexibility index (Phi) is 3.57. The van der Waals surface area contributed by atoms with E-state index in [1.807, 2.05) is 6.07 Å². The fourth-order valence-electron chi connectivity index (χ4n) is 1.38. The SMILES string of the molecule is Nc1ncc(F)cc1C(=O)Nc1ccccc1Br. The number of aromatic nitrogens is 1. The van der Waals surface area contributed by atoms with Gasteiger partial charge in [0.05, 0.1) is 17.4 Å². The number of carbonyl (C=O) groups is 1. The zero-order valence-electron chi connectivity index (χ0n) is 9.15. The average molecular weight is 310 g/mol. The van der Waals surface area contributed by atoms with Gasteiger partial charge in [-0.15, -0.1) is 0 Å². The second-order valence-corrected chi connectivity index (χ2v) is 4.37. The fourth-order valence-corrected chi connectivity index (χ4v) is 1.77. The molecule has 0 saturated carbocycles. The van der Waals surface area contributed by atoms with Gasteiger partial charge in [-0.05, 0) is 34.1 Å². The zero-order valence-corrected chi connectivity index (χ0v) is 10.7. The lowest BCUT2D eigenvalue weighted by atomic mass is 10.2. The monoisotopic (exact) mass is 309 g/mol. The molecule has 0 fully saturated rings. The van der Waals surface area contributed by atoms with E-state index < -0.39 is 11.7 Å². The molecule has 1 aromatic carbocycles. The standard InChI is InChI=1S/C12H9BrFN3O/c13-9-3-1-2-4-10(9)17-12(18)8-5-7(14)6-16-11(8)15/h1-6H,(H2,15,16)(H,17,18). The average Bonchev–Trinajstić information content (AvgIpc) is 2.35. The summed E-state index contributed by atoms with van der Waals surface area (Å²) in [5, 5.41) is 2.62. The maximum Gasteiger partial charge on any atom is 0.259 e. The number of halogens is 2. The summed E-state index contributed by atoms with van der Waals surface area (Å²) < 4.78 is 13.7. The highest BCUT2D eigenvalue weighted by Gasteiger charge is 2.13. The van der Waals surface area contributed by atoms with Crippen LogP contribution in [0, 0.1) is 5.82 Å². The van der Waals surface area contributed by atoms with Crippen LogP contribution in [-0.4, -0.2) is 10.9 Å². The van der Waals surface area contributed by atoms with Crippen molar-refractivity contribution in [2.45, 2.75) is 0 Å². The Labute approximate surface area is 111 Å². The molecule has 1 amide bonds. The number of benzene rings is 1. The van der Waals surface area contributed by atoms with Gasteiger partial charge in [0.1, 0.15) is 11.6 Å². The van der Waals surface area contributed by atoms with Crippen molar-refractivity contribution in [2.75, 3.05) is 11.1 Å². The van der Waals surface area contributed by atoms with Crippen LogP contribution in [0.2, 0.25) is 0 Å². The summed E-state index contributed by atoms with van der Waals surface area (Å²) in [6.45, 7) is 0. The maximum atomic E-state index is 13.0. The van der Waals surface area contributed by atoms with Crippen LogP contribution in [0.5, 0.6) is 0 Å². The van der Waals surface area contributed by atoms with Gasteiger partial charge in [-0.3, -0.25) is 4.79 Å². The van der Waals surface area contributed by atoms with Crippen LogP contribution >= 0.6 is 15.9 Å². The number of carbonyl (C=O) groups excluding carboxylic acids is 1. The molecule has 3 N–H and O–H groups in total. The molecule has 18 heavy (non-hydrogen) atoms. The molecule has 2 aromatic rings. The molecule has 92 valence electrons. The molecular weight excluding hydrogens is 301 g/mol. The predicted octanol–water partition coefficient (Wildman–Crippen LogP) is 2.82. The number of hydrogen-bond acceptors (Lipinski definition) is 3. The number of nitrogens with zero attached hydrogens (tertiary/aromatic N) is 1. The van der Waals surface area contributed by atoms with Crippen molar-refractivity contribution in [1.82, 2.24) is 4.98 Å². The number of nitrogen functional groups attached to an aromatic ring is 1. The lowest BCUT2D eigenvalue weighted by Crippen LogP contribution is -2.15. The molecular formula is C12H9BrFN3O. The minimum atomic E-state index is -0.610. The molecule has 0 unspecified atom stereocenters. The minimum absolute atomic E-state index is 0.00533. The van der Waals surface area contributed by atoms with Gasteiger partial charge < -0.3 is 11.1 Å². The summed E-state index contributed by atoms with van der Waals surface area (Å²) in [6, 6.07) is 8.13. The van der Waals surface area contributed by atoms with Crippen molar-refractivity contribution >= 4 is 33.3 Å². The molecule has 0 bridgehead atoms. The molecule has 0 saturated heterocycles. The smallest absolute Gasteiger partial charge is 0.259 e. The first kappa shape index (κ1) is 12.5.